The molecule has 0 spiro atoms. The van der Waals surface area contributed by atoms with Gasteiger partial charge in [0.25, 0.3) is 0 Å². The van der Waals surface area contributed by atoms with Crippen molar-refractivity contribution in [1.29, 1.82) is 0 Å². The van der Waals surface area contributed by atoms with E-state index in [0.29, 0.717) is 42.7 Å². The standard InChI is InChI=1S/C26H34ClN3O6S/c1-4-13-28-26(32)22(5-2)29(17-19-7-9-20(27)10-8-19)25(31)18-30(37(33,34)6-3)21-11-12-23-24(16-21)36-15-14-35-23/h7-12,16,22H,4-6,13-15,17-18H2,1-3H3,(H,28,32)/t22-/m0/s1. The molecule has 1 atom stereocenters. The van der Waals surface area contributed by atoms with Gasteiger partial charge in [-0.25, -0.2) is 8.42 Å². The summed E-state index contributed by atoms with van der Waals surface area (Å²) < 4.78 is 38.5. The smallest absolute Gasteiger partial charge is 0.244 e. The van der Waals surface area contributed by atoms with Crippen LogP contribution in [0.1, 0.15) is 39.2 Å². The van der Waals surface area contributed by atoms with Crippen molar-refractivity contribution in [3.8, 4) is 11.5 Å². The molecule has 2 amide bonds. The Labute approximate surface area is 223 Å². The van der Waals surface area contributed by atoms with Gasteiger partial charge in [0.05, 0.1) is 11.4 Å². The maximum Gasteiger partial charge on any atom is 0.244 e. The van der Waals surface area contributed by atoms with Gasteiger partial charge < -0.3 is 19.7 Å². The van der Waals surface area contributed by atoms with E-state index in [0.717, 1.165) is 16.3 Å². The Hall–Kier alpha value is -2.98. The zero-order valence-electron chi connectivity index (χ0n) is 21.4. The van der Waals surface area contributed by atoms with E-state index >= 15 is 0 Å². The number of carbonyl (C=O) groups is 2. The van der Waals surface area contributed by atoms with Crippen LogP contribution in [0.25, 0.3) is 0 Å². The van der Waals surface area contributed by atoms with Crippen LogP contribution in [0.3, 0.4) is 0 Å². The molecule has 1 N–H and O–H groups in total. The largest absolute Gasteiger partial charge is 0.486 e. The van der Waals surface area contributed by atoms with Crippen molar-refractivity contribution in [3.63, 3.8) is 0 Å². The van der Waals surface area contributed by atoms with E-state index in [1.165, 1.54) is 11.8 Å². The van der Waals surface area contributed by atoms with Gasteiger partial charge in [-0.2, -0.15) is 0 Å². The van der Waals surface area contributed by atoms with Crippen molar-refractivity contribution in [2.24, 2.45) is 0 Å². The molecule has 0 radical (unpaired) electrons. The predicted molar refractivity (Wildman–Crippen MR) is 144 cm³/mol. The van der Waals surface area contributed by atoms with Crippen molar-refractivity contribution in [1.82, 2.24) is 10.2 Å². The second-order valence-electron chi connectivity index (χ2n) is 8.60. The Morgan fingerprint density at radius 3 is 2.32 bits per heavy atom. The number of halogens is 1. The Morgan fingerprint density at radius 2 is 1.70 bits per heavy atom. The van der Waals surface area contributed by atoms with Crippen LogP contribution in [0.2, 0.25) is 5.02 Å². The van der Waals surface area contributed by atoms with E-state index in [2.05, 4.69) is 5.32 Å². The fourth-order valence-electron chi connectivity index (χ4n) is 3.98. The predicted octanol–water partition coefficient (Wildman–Crippen LogP) is 3.60. The molecule has 37 heavy (non-hydrogen) atoms. The Bertz CT molecular complexity index is 1190. The monoisotopic (exact) mass is 551 g/mol. The Balaban J connectivity index is 1.96. The van der Waals surface area contributed by atoms with Crippen LogP contribution in [0.15, 0.2) is 42.5 Å². The summed E-state index contributed by atoms with van der Waals surface area (Å²) in [4.78, 5) is 28.2. The molecule has 1 heterocycles. The second kappa shape index (κ2) is 13.0. The first-order chi connectivity index (χ1) is 17.7. The van der Waals surface area contributed by atoms with Gasteiger partial charge >= 0.3 is 0 Å². The molecule has 0 aliphatic carbocycles. The summed E-state index contributed by atoms with van der Waals surface area (Å²) in [6, 6.07) is 11.0. The van der Waals surface area contributed by atoms with Crippen LogP contribution in [0, 0.1) is 0 Å². The lowest BCUT2D eigenvalue weighted by Gasteiger charge is -2.33. The third-order valence-electron chi connectivity index (χ3n) is 5.99. The molecule has 1 aliphatic rings. The summed E-state index contributed by atoms with van der Waals surface area (Å²) in [6.45, 7) is 6.15. The number of anilines is 1. The number of ether oxygens (including phenoxy) is 2. The van der Waals surface area contributed by atoms with E-state index in [-0.39, 0.29) is 23.9 Å². The highest BCUT2D eigenvalue weighted by molar-refractivity contribution is 7.92. The lowest BCUT2D eigenvalue weighted by Crippen LogP contribution is -2.52. The highest BCUT2D eigenvalue weighted by atomic mass is 35.5. The topological polar surface area (TPSA) is 105 Å². The molecular formula is C26H34ClN3O6S. The van der Waals surface area contributed by atoms with Gasteiger partial charge in [-0.1, -0.05) is 37.6 Å². The number of hydrogen-bond acceptors (Lipinski definition) is 6. The second-order valence-corrected chi connectivity index (χ2v) is 11.2. The molecule has 202 valence electrons. The fourth-order valence-corrected chi connectivity index (χ4v) is 5.16. The summed E-state index contributed by atoms with van der Waals surface area (Å²) in [5.41, 5.74) is 1.05. The number of rotatable bonds is 12. The van der Waals surface area contributed by atoms with E-state index in [1.54, 1.807) is 42.5 Å². The lowest BCUT2D eigenvalue weighted by atomic mass is 10.1. The number of sulfonamides is 1. The normalized spacial score (nSPS) is 13.5. The minimum absolute atomic E-state index is 0.120. The zero-order valence-corrected chi connectivity index (χ0v) is 23.0. The molecule has 2 aromatic rings. The van der Waals surface area contributed by atoms with Crippen molar-refractivity contribution in [2.75, 3.05) is 36.4 Å². The first kappa shape index (κ1) is 28.6. The van der Waals surface area contributed by atoms with Gasteiger partial charge in [0.2, 0.25) is 21.8 Å². The number of benzene rings is 2. The molecule has 0 fully saturated rings. The van der Waals surface area contributed by atoms with Crippen LogP contribution in [-0.2, 0) is 26.2 Å². The molecule has 2 aromatic carbocycles. The molecule has 0 bridgehead atoms. The zero-order chi connectivity index (χ0) is 27.0. The van der Waals surface area contributed by atoms with Gasteiger partial charge in [0, 0.05) is 24.2 Å². The molecule has 9 nitrogen and oxygen atoms in total. The first-order valence-corrected chi connectivity index (χ1v) is 14.4. The molecule has 0 unspecified atom stereocenters. The molecule has 3 rings (SSSR count). The van der Waals surface area contributed by atoms with Crippen molar-refractivity contribution < 1.29 is 27.5 Å². The van der Waals surface area contributed by atoms with Crippen LogP contribution < -0.4 is 19.1 Å². The van der Waals surface area contributed by atoms with E-state index in [9.17, 15) is 18.0 Å². The summed E-state index contributed by atoms with van der Waals surface area (Å²) >= 11 is 6.02. The summed E-state index contributed by atoms with van der Waals surface area (Å²) in [5.74, 6) is -0.0644. The first-order valence-electron chi connectivity index (χ1n) is 12.4. The van der Waals surface area contributed by atoms with E-state index in [1.807, 2.05) is 13.8 Å². The van der Waals surface area contributed by atoms with Crippen molar-refractivity contribution in [2.45, 2.75) is 46.2 Å². The van der Waals surface area contributed by atoms with E-state index < -0.39 is 28.5 Å². The van der Waals surface area contributed by atoms with E-state index in [4.69, 9.17) is 21.1 Å². The quantitative estimate of drug-likeness (QED) is 0.432. The number of carbonyl (C=O) groups excluding carboxylic acids is 2. The van der Waals surface area contributed by atoms with Crippen molar-refractivity contribution in [3.05, 3.63) is 53.1 Å². The fraction of sp³-hybridized carbons (Fsp3) is 0.462. The van der Waals surface area contributed by atoms with Gasteiger partial charge in [0.15, 0.2) is 11.5 Å². The third kappa shape index (κ3) is 7.29. The Kier molecular flexibility index (Phi) is 10.0. The minimum Gasteiger partial charge on any atom is -0.486 e. The molecule has 1 aliphatic heterocycles. The van der Waals surface area contributed by atoms with Crippen LogP contribution in [-0.4, -0.2) is 63.2 Å². The highest BCUT2D eigenvalue weighted by Gasteiger charge is 2.32. The van der Waals surface area contributed by atoms with Crippen molar-refractivity contribution >= 4 is 39.1 Å². The number of nitrogens with one attached hydrogen (secondary N) is 1. The highest BCUT2D eigenvalue weighted by Crippen LogP contribution is 2.35. The van der Waals surface area contributed by atoms with Gasteiger partial charge in [0.1, 0.15) is 25.8 Å². The molecule has 0 saturated heterocycles. The maximum absolute atomic E-state index is 13.8. The number of nitrogens with zero attached hydrogens (tertiary/aromatic N) is 2. The summed E-state index contributed by atoms with van der Waals surface area (Å²) in [6.07, 6.45) is 1.11. The number of fused-ring (bicyclic) bond motifs is 1. The van der Waals surface area contributed by atoms with Gasteiger partial charge in [-0.05, 0) is 49.6 Å². The molecule has 11 heteroatoms. The molecular weight excluding hydrogens is 518 g/mol. The lowest BCUT2D eigenvalue weighted by molar-refractivity contribution is -0.140. The maximum atomic E-state index is 13.8. The molecule has 0 aromatic heterocycles. The summed E-state index contributed by atoms with van der Waals surface area (Å²) in [5, 5.41) is 3.41. The van der Waals surface area contributed by atoms with Crippen LogP contribution in [0.4, 0.5) is 5.69 Å². The van der Waals surface area contributed by atoms with Gasteiger partial charge in [-0.3, -0.25) is 13.9 Å². The van der Waals surface area contributed by atoms with Crippen LogP contribution in [0.5, 0.6) is 11.5 Å². The van der Waals surface area contributed by atoms with Gasteiger partial charge in [-0.15, -0.1) is 0 Å². The average molecular weight is 552 g/mol. The number of amides is 2. The average Bonchev–Trinajstić information content (AvgIpc) is 2.90. The summed E-state index contributed by atoms with van der Waals surface area (Å²) in [7, 11) is -3.84. The minimum atomic E-state index is -3.84. The third-order valence-corrected chi connectivity index (χ3v) is 7.99. The Morgan fingerprint density at radius 1 is 1.03 bits per heavy atom. The molecule has 0 saturated carbocycles. The SMILES string of the molecule is CCCNC(=O)[C@H](CC)N(Cc1ccc(Cl)cc1)C(=O)CN(c1ccc2c(c1)OCCO2)S(=O)(=O)CC. The van der Waals surface area contributed by atoms with Crippen LogP contribution >= 0.6 is 11.6 Å². The number of hydrogen-bond donors (Lipinski definition) is 1.